The van der Waals surface area contributed by atoms with Crippen molar-refractivity contribution in [3.8, 4) is 11.5 Å². The topological polar surface area (TPSA) is 81.9 Å². The van der Waals surface area contributed by atoms with Gasteiger partial charge in [-0.15, -0.1) is 12.4 Å². The predicted octanol–water partition coefficient (Wildman–Crippen LogP) is 1.24. The monoisotopic (exact) mass is 336 g/mol. The van der Waals surface area contributed by atoms with Crippen LogP contribution in [0.5, 0.6) is 11.5 Å². The van der Waals surface area contributed by atoms with Gasteiger partial charge in [0, 0.05) is 25.2 Å². The zero-order valence-electron chi connectivity index (χ0n) is 12.1. The Morgan fingerprint density at radius 1 is 1.29 bits per heavy atom. The molecule has 120 valence electrons. The fraction of sp³-hybridized carbons (Fsp3) is 0.538. The molecule has 1 aromatic carbocycles. The SMILES string of the molecule is COc1ccc(S(=O)(=O)N2CCCC2CN)cc1OC.Cl. The van der Waals surface area contributed by atoms with Crippen LogP contribution < -0.4 is 15.2 Å². The lowest BCUT2D eigenvalue weighted by atomic mass is 10.2. The average molecular weight is 337 g/mol. The first kappa shape index (κ1) is 18.0. The molecule has 0 radical (unpaired) electrons. The number of benzene rings is 1. The summed E-state index contributed by atoms with van der Waals surface area (Å²) < 4.78 is 37.0. The molecule has 0 aliphatic carbocycles. The standard InChI is InChI=1S/C13H20N2O4S.ClH/c1-18-12-6-5-11(8-13(12)19-2)20(16,17)15-7-3-4-10(15)9-14;/h5-6,8,10H,3-4,7,9,14H2,1-2H3;1H. The summed E-state index contributed by atoms with van der Waals surface area (Å²) >= 11 is 0. The average Bonchev–Trinajstić information content (AvgIpc) is 2.95. The van der Waals surface area contributed by atoms with Crippen LogP contribution in [0.4, 0.5) is 0 Å². The number of hydrogen-bond acceptors (Lipinski definition) is 5. The quantitative estimate of drug-likeness (QED) is 0.874. The van der Waals surface area contributed by atoms with E-state index < -0.39 is 10.0 Å². The van der Waals surface area contributed by atoms with Crippen molar-refractivity contribution < 1.29 is 17.9 Å². The molecule has 1 fully saturated rings. The molecule has 1 atom stereocenters. The highest BCUT2D eigenvalue weighted by atomic mass is 35.5. The van der Waals surface area contributed by atoms with Crippen LogP contribution >= 0.6 is 12.4 Å². The lowest BCUT2D eigenvalue weighted by Crippen LogP contribution is -2.39. The van der Waals surface area contributed by atoms with Crippen LogP contribution in [0.1, 0.15) is 12.8 Å². The van der Waals surface area contributed by atoms with Crippen molar-refractivity contribution in [2.24, 2.45) is 5.73 Å². The Labute approximate surface area is 131 Å². The van der Waals surface area contributed by atoms with Gasteiger partial charge in [0.05, 0.1) is 19.1 Å². The van der Waals surface area contributed by atoms with E-state index in [0.717, 1.165) is 12.8 Å². The van der Waals surface area contributed by atoms with E-state index in [1.807, 2.05) is 0 Å². The molecule has 1 heterocycles. The molecule has 2 rings (SSSR count). The molecule has 0 saturated carbocycles. The van der Waals surface area contributed by atoms with Gasteiger partial charge in [0.2, 0.25) is 10.0 Å². The summed E-state index contributed by atoms with van der Waals surface area (Å²) in [6.45, 7) is 0.852. The van der Waals surface area contributed by atoms with E-state index in [0.29, 0.717) is 24.6 Å². The number of methoxy groups -OCH3 is 2. The fourth-order valence-corrected chi connectivity index (χ4v) is 4.19. The van der Waals surface area contributed by atoms with Gasteiger partial charge in [0.25, 0.3) is 0 Å². The second-order valence-corrected chi connectivity index (χ2v) is 6.55. The number of nitrogens with zero attached hydrogens (tertiary/aromatic N) is 1. The van der Waals surface area contributed by atoms with Gasteiger partial charge < -0.3 is 15.2 Å². The van der Waals surface area contributed by atoms with E-state index in [-0.39, 0.29) is 23.3 Å². The zero-order valence-corrected chi connectivity index (χ0v) is 13.7. The van der Waals surface area contributed by atoms with Crippen molar-refractivity contribution in [2.45, 2.75) is 23.8 Å². The highest BCUT2D eigenvalue weighted by Gasteiger charge is 2.34. The molecule has 6 nitrogen and oxygen atoms in total. The number of hydrogen-bond donors (Lipinski definition) is 1. The lowest BCUT2D eigenvalue weighted by Gasteiger charge is -2.23. The maximum absolute atomic E-state index is 12.6. The summed E-state index contributed by atoms with van der Waals surface area (Å²) in [4.78, 5) is 0.204. The molecule has 0 bridgehead atoms. The van der Waals surface area contributed by atoms with E-state index in [2.05, 4.69) is 0 Å². The molecule has 1 aliphatic heterocycles. The van der Waals surface area contributed by atoms with Crippen molar-refractivity contribution in [1.29, 1.82) is 0 Å². The summed E-state index contributed by atoms with van der Waals surface area (Å²) in [5, 5.41) is 0. The predicted molar refractivity (Wildman–Crippen MR) is 82.8 cm³/mol. The van der Waals surface area contributed by atoms with Crippen LogP contribution in [0.15, 0.2) is 23.1 Å². The Bertz CT molecular complexity index is 580. The van der Waals surface area contributed by atoms with Crippen molar-refractivity contribution >= 4 is 22.4 Å². The summed E-state index contributed by atoms with van der Waals surface area (Å²) in [6.07, 6.45) is 1.65. The molecule has 1 unspecified atom stereocenters. The number of halogens is 1. The molecule has 1 aromatic rings. The molecule has 0 amide bonds. The van der Waals surface area contributed by atoms with Crippen molar-refractivity contribution in [2.75, 3.05) is 27.3 Å². The van der Waals surface area contributed by atoms with Gasteiger partial charge >= 0.3 is 0 Å². The maximum atomic E-state index is 12.6. The van der Waals surface area contributed by atoms with E-state index in [1.165, 1.54) is 30.7 Å². The van der Waals surface area contributed by atoms with Crippen molar-refractivity contribution in [1.82, 2.24) is 4.31 Å². The molecular formula is C13H21ClN2O4S. The zero-order chi connectivity index (χ0) is 14.8. The first-order chi connectivity index (χ1) is 9.54. The Morgan fingerprint density at radius 2 is 1.95 bits per heavy atom. The highest BCUT2D eigenvalue weighted by molar-refractivity contribution is 7.89. The van der Waals surface area contributed by atoms with Crippen LogP contribution in [0.3, 0.4) is 0 Å². The second kappa shape index (κ2) is 7.31. The Morgan fingerprint density at radius 3 is 2.52 bits per heavy atom. The molecule has 2 N–H and O–H groups in total. The summed E-state index contributed by atoms with van der Waals surface area (Å²) in [7, 11) is -0.550. The number of nitrogens with two attached hydrogens (primary N) is 1. The minimum absolute atomic E-state index is 0. The molecule has 8 heteroatoms. The number of sulfonamides is 1. The normalized spacial score (nSPS) is 19.1. The molecule has 1 saturated heterocycles. The van der Waals surface area contributed by atoms with Gasteiger partial charge in [-0.25, -0.2) is 8.42 Å². The van der Waals surface area contributed by atoms with Crippen molar-refractivity contribution in [3.63, 3.8) is 0 Å². The Hall–Kier alpha value is -1.02. The van der Waals surface area contributed by atoms with Gasteiger partial charge in [0.15, 0.2) is 11.5 Å². The summed E-state index contributed by atoms with van der Waals surface area (Å²) in [5.41, 5.74) is 5.65. The third-order valence-corrected chi connectivity index (χ3v) is 5.50. The smallest absolute Gasteiger partial charge is 0.243 e. The largest absolute Gasteiger partial charge is 0.493 e. The van der Waals surface area contributed by atoms with Gasteiger partial charge in [0.1, 0.15) is 0 Å². The van der Waals surface area contributed by atoms with Crippen LogP contribution in [0, 0.1) is 0 Å². The maximum Gasteiger partial charge on any atom is 0.243 e. The summed E-state index contributed by atoms with van der Waals surface area (Å²) in [6, 6.07) is 4.50. The highest BCUT2D eigenvalue weighted by Crippen LogP contribution is 2.32. The van der Waals surface area contributed by atoms with Gasteiger partial charge in [-0.3, -0.25) is 0 Å². The minimum atomic E-state index is -3.54. The van der Waals surface area contributed by atoms with Crippen molar-refractivity contribution in [3.05, 3.63) is 18.2 Å². The van der Waals surface area contributed by atoms with E-state index in [9.17, 15) is 8.42 Å². The Balaban J connectivity index is 0.00000220. The van der Waals surface area contributed by atoms with E-state index >= 15 is 0 Å². The van der Waals surface area contributed by atoms with Gasteiger partial charge in [-0.05, 0) is 25.0 Å². The molecule has 0 spiro atoms. The molecule has 0 aromatic heterocycles. The van der Waals surface area contributed by atoms with Gasteiger partial charge in [-0.2, -0.15) is 4.31 Å². The molecule has 1 aliphatic rings. The third kappa shape index (κ3) is 3.42. The van der Waals surface area contributed by atoms with Crippen LogP contribution in [0.25, 0.3) is 0 Å². The summed E-state index contributed by atoms with van der Waals surface area (Å²) in [5.74, 6) is 0.903. The minimum Gasteiger partial charge on any atom is -0.493 e. The first-order valence-corrected chi connectivity index (χ1v) is 7.92. The third-order valence-electron chi connectivity index (χ3n) is 3.56. The fourth-order valence-electron chi connectivity index (χ4n) is 2.47. The molecule has 21 heavy (non-hydrogen) atoms. The number of ether oxygens (including phenoxy) is 2. The van der Waals surface area contributed by atoms with E-state index in [1.54, 1.807) is 6.07 Å². The van der Waals surface area contributed by atoms with Crippen LogP contribution in [-0.4, -0.2) is 46.1 Å². The van der Waals surface area contributed by atoms with E-state index in [4.69, 9.17) is 15.2 Å². The lowest BCUT2D eigenvalue weighted by molar-refractivity contribution is 0.353. The van der Waals surface area contributed by atoms with Gasteiger partial charge in [-0.1, -0.05) is 0 Å². The number of rotatable bonds is 5. The first-order valence-electron chi connectivity index (χ1n) is 6.48. The second-order valence-electron chi connectivity index (χ2n) is 4.66. The van der Waals surface area contributed by atoms with Crippen LogP contribution in [0.2, 0.25) is 0 Å². The Kier molecular flexibility index (Phi) is 6.27. The molecular weight excluding hydrogens is 316 g/mol. The van der Waals surface area contributed by atoms with Crippen LogP contribution in [-0.2, 0) is 10.0 Å².